The smallest absolute Gasteiger partial charge is 0.122 e. The van der Waals surface area contributed by atoms with Crippen LogP contribution in [0.15, 0.2) is 18.2 Å². The Bertz CT molecular complexity index is 384. The third kappa shape index (κ3) is 1.71. The van der Waals surface area contributed by atoms with Crippen molar-refractivity contribution in [1.29, 1.82) is 0 Å². The van der Waals surface area contributed by atoms with Crippen molar-refractivity contribution in [2.45, 2.75) is 39.2 Å². The SMILES string of the molecule is CCC(O)(c1ccc2c(c1)CCO2)C(C)C. The molecule has 0 bridgehead atoms. The number of rotatable bonds is 3. The van der Waals surface area contributed by atoms with E-state index in [9.17, 15) is 5.11 Å². The van der Waals surface area contributed by atoms with E-state index >= 15 is 0 Å². The maximum absolute atomic E-state index is 10.7. The Morgan fingerprint density at radius 2 is 2.19 bits per heavy atom. The fourth-order valence-electron chi connectivity index (χ4n) is 2.40. The van der Waals surface area contributed by atoms with Crippen LogP contribution in [-0.4, -0.2) is 11.7 Å². The quantitative estimate of drug-likeness (QED) is 0.848. The lowest BCUT2D eigenvalue weighted by Crippen LogP contribution is -2.31. The minimum atomic E-state index is -0.711. The van der Waals surface area contributed by atoms with Gasteiger partial charge in [-0.2, -0.15) is 0 Å². The van der Waals surface area contributed by atoms with Crippen LogP contribution in [0.3, 0.4) is 0 Å². The van der Waals surface area contributed by atoms with E-state index < -0.39 is 5.60 Å². The molecule has 1 N–H and O–H groups in total. The van der Waals surface area contributed by atoms with Gasteiger partial charge in [-0.15, -0.1) is 0 Å². The van der Waals surface area contributed by atoms with E-state index in [-0.39, 0.29) is 5.92 Å². The molecule has 1 aromatic carbocycles. The Morgan fingerprint density at radius 1 is 1.44 bits per heavy atom. The molecule has 0 saturated carbocycles. The van der Waals surface area contributed by atoms with Crippen molar-refractivity contribution >= 4 is 0 Å². The molecule has 1 aromatic rings. The highest BCUT2D eigenvalue weighted by molar-refractivity contribution is 5.41. The lowest BCUT2D eigenvalue weighted by atomic mass is 9.80. The Morgan fingerprint density at radius 3 is 2.81 bits per heavy atom. The van der Waals surface area contributed by atoms with Crippen molar-refractivity contribution in [2.75, 3.05) is 6.61 Å². The molecule has 16 heavy (non-hydrogen) atoms. The van der Waals surface area contributed by atoms with Gasteiger partial charge < -0.3 is 9.84 Å². The maximum Gasteiger partial charge on any atom is 0.122 e. The summed E-state index contributed by atoms with van der Waals surface area (Å²) in [7, 11) is 0. The number of fused-ring (bicyclic) bond motifs is 1. The summed E-state index contributed by atoms with van der Waals surface area (Å²) < 4.78 is 5.48. The van der Waals surface area contributed by atoms with Gasteiger partial charge in [0.15, 0.2) is 0 Å². The number of benzene rings is 1. The second-order valence-corrected chi connectivity index (χ2v) is 4.85. The van der Waals surface area contributed by atoms with Gasteiger partial charge in [0.2, 0.25) is 0 Å². The van der Waals surface area contributed by atoms with Gasteiger partial charge in [-0.25, -0.2) is 0 Å². The van der Waals surface area contributed by atoms with Crippen molar-refractivity contribution in [3.8, 4) is 5.75 Å². The fourth-order valence-corrected chi connectivity index (χ4v) is 2.40. The third-order valence-corrected chi connectivity index (χ3v) is 3.68. The van der Waals surface area contributed by atoms with Gasteiger partial charge in [-0.05, 0) is 35.6 Å². The van der Waals surface area contributed by atoms with E-state index in [1.54, 1.807) is 0 Å². The van der Waals surface area contributed by atoms with E-state index in [2.05, 4.69) is 19.9 Å². The highest BCUT2D eigenvalue weighted by Gasteiger charge is 2.31. The molecule has 2 rings (SSSR count). The molecular formula is C14H20O2. The van der Waals surface area contributed by atoms with Gasteiger partial charge in [0.05, 0.1) is 12.2 Å². The highest BCUT2D eigenvalue weighted by atomic mass is 16.5. The van der Waals surface area contributed by atoms with Crippen LogP contribution in [0.5, 0.6) is 5.75 Å². The largest absolute Gasteiger partial charge is 0.493 e. The van der Waals surface area contributed by atoms with Crippen LogP contribution in [0.25, 0.3) is 0 Å². The number of aliphatic hydroxyl groups is 1. The summed E-state index contributed by atoms with van der Waals surface area (Å²) in [5.74, 6) is 1.20. The molecule has 0 fully saturated rings. The first-order chi connectivity index (χ1) is 7.58. The number of hydrogen-bond acceptors (Lipinski definition) is 2. The van der Waals surface area contributed by atoms with Crippen LogP contribution in [-0.2, 0) is 12.0 Å². The monoisotopic (exact) mass is 220 g/mol. The van der Waals surface area contributed by atoms with Crippen LogP contribution in [0.2, 0.25) is 0 Å². The normalized spacial score (nSPS) is 18.1. The Hall–Kier alpha value is -1.02. The van der Waals surface area contributed by atoms with E-state index in [0.717, 1.165) is 30.8 Å². The van der Waals surface area contributed by atoms with Crippen molar-refractivity contribution in [2.24, 2.45) is 5.92 Å². The van der Waals surface area contributed by atoms with Gasteiger partial charge in [0.1, 0.15) is 5.75 Å². The molecule has 0 saturated heterocycles. The Labute approximate surface area is 97.3 Å². The molecule has 0 spiro atoms. The van der Waals surface area contributed by atoms with Gasteiger partial charge in [0, 0.05) is 6.42 Å². The minimum Gasteiger partial charge on any atom is -0.493 e. The fraction of sp³-hybridized carbons (Fsp3) is 0.571. The first-order valence-electron chi connectivity index (χ1n) is 6.06. The standard InChI is InChI=1S/C14H20O2/c1-4-14(15,10(2)3)12-5-6-13-11(9-12)7-8-16-13/h5-6,9-10,15H,4,7-8H2,1-3H3. The van der Waals surface area contributed by atoms with Crippen molar-refractivity contribution < 1.29 is 9.84 Å². The molecule has 0 aliphatic carbocycles. The van der Waals surface area contributed by atoms with Crippen molar-refractivity contribution in [3.63, 3.8) is 0 Å². The predicted molar refractivity (Wildman–Crippen MR) is 64.7 cm³/mol. The molecule has 0 aromatic heterocycles. The van der Waals surface area contributed by atoms with Crippen LogP contribution in [0.1, 0.15) is 38.3 Å². The molecule has 1 heterocycles. The van der Waals surface area contributed by atoms with Crippen molar-refractivity contribution in [1.82, 2.24) is 0 Å². The Balaban J connectivity index is 2.40. The molecular weight excluding hydrogens is 200 g/mol. The van der Waals surface area contributed by atoms with Crippen LogP contribution in [0, 0.1) is 5.92 Å². The predicted octanol–water partition coefficient (Wildman–Crippen LogP) is 2.88. The number of hydrogen-bond donors (Lipinski definition) is 1. The molecule has 1 aliphatic rings. The summed E-state index contributed by atoms with van der Waals surface area (Å²) in [4.78, 5) is 0. The zero-order chi connectivity index (χ0) is 11.8. The van der Waals surface area contributed by atoms with Gasteiger partial charge in [-0.1, -0.05) is 26.8 Å². The lowest BCUT2D eigenvalue weighted by molar-refractivity contribution is -0.0140. The first kappa shape index (κ1) is 11.5. The highest BCUT2D eigenvalue weighted by Crippen LogP contribution is 2.36. The average molecular weight is 220 g/mol. The third-order valence-electron chi connectivity index (χ3n) is 3.68. The van der Waals surface area contributed by atoms with Gasteiger partial charge >= 0.3 is 0 Å². The zero-order valence-electron chi connectivity index (χ0n) is 10.3. The molecule has 2 heteroatoms. The summed E-state index contributed by atoms with van der Waals surface area (Å²) >= 11 is 0. The molecule has 1 atom stereocenters. The first-order valence-corrected chi connectivity index (χ1v) is 6.06. The maximum atomic E-state index is 10.7. The second-order valence-electron chi connectivity index (χ2n) is 4.85. The molecule has 0 amide bonds. The molecule has 88 valence electrons. The summed E-state index contributed by atoms with van der Waals surface area (Å²) in [6, 6.07) is 6.08. The van der Waals surface area contributed by atoms with E-state index in [4.69, 9.17) is 4.74 Å². The second kappa shape index (κ2) is 4.10. The number of ether oxygens (including phenoxy) is 1. The van der Waals surface area contributed by atoms with Crippen molar-refractivity contribution in [3.05, 3.63) is 29.3 Å². The average Bonchev–Trinajstić information content (AvgIpc) is 2.74. The van der Waals surface area contributed by atoms with Gasteiger partial charge in [0.25, 0.3) is 0 Å². The lowest BCUT2D eigenvalue weighted by Gasteiger charge is -2.32. The molecule has 1 aliphatic heterocycles. The topological polar surface area (TPSA) is 29.5 Å². The summed E-state index contributed by atoms with van der Waals surface area (Å²) in [5.41, 5.74) is 1.54. The minimum absolute atomic E-state index is 0.220. The molecule has 2 nitrogen and oxygen atoms in total. The summed E-state index contributed by atoms with van der Waals surface area (Å²) in [5, 5.41) is 10.7. The van der Waals surface area contributed by atoms with Crippen LogP contribution >= 0.6 is 0 Å². The van der Waals surface area contributed by atoms with Crippen LogP contribution < -0.4 is 4.74 Å². The van der Waals surface area contributed by atoms with Crippen LogP contribution in [0.4, 0.5) is 0 Å². The summed E-state index contributed by atoms with van der Waals surface area (Å²) in [6.45, 7) is 6.93. The van der Waals surface area contributed by atoms with Gasteiger partial charge in [-0.3, -0.25) is 0 Å². The molecule has 0 radical (unpaired) electrons. The zero-order valence-corrected chi connectivity index (χ0v) is 10.3. The molecule has 1 unspecified atom stereocenters. The van der Waals surface area contributed by atoms with E-state index in [1.807, 2.05) is 19.1 Å². The van der Waals surface area contributed by atoms with E-state index in [0.29, 0.717) is 0 Å². The Kier molecular flexibility index (Phi) is 2.94. The summed E-state index contributed by atoms with van der Waals surface area (Å²) in [6.07, 6.45) is 1.70. The van der Waals surface area contributed by atoms with E-state index in [1.165, 1.54) is 5.56 Å².